The minimum atomic E-state index is -1.26. The molecule has 1 amide bonds. The van der Waals surface area contributed by atoms with Crippen molar-refractivity contribution < 1.29 is 14.7 Å². The summed E-state index contributed by atoms with van der Waals surface area (Å²) in [5.41, 5.74) is -1.26. The number of hydrogen-bond donors (Lipinski definition) is 3. The normalized spacial score (nSPS) is 15.2. The largest absolute Gasteiger partial charge is 0.479 e. The molecule has 11 heavy (non-hydrogen) atoms. The highest BCUT2D eigenvalue weighted by atomic mass is 32.1. The molecule has 0 aliphatic rings. The van der Waals surface area contributed by atoms with Crippen LogP contribution in [0.25, 0.3) is 0 Å². The standard InChI is InChI=1S/C6H11NO3S/c1-4(8)7-6(2,3-11)5(9)10/h11H,3H2,1-2H3,(H,7,8)(H,9,10)/t6-/m1/s1. The van der Waals surface area contributed by atoms with Crippen LogP contribution in [-0.4, -0.2) is 28.3 Å². The second-order valence-corrected chi connectivity index (χ2v) is 2.79. The molecule has 0 aliphatic carbocycles. The van der Waals surface area contributed by atoms with Gasteiger partial charge >= 0.3 is 5.97 Å². The molecule has 0 aromatic heterocycles. The van der Waals surface area contributed by atoms with Crippen molar-refractivity contribution in [3.05, 3.63) is 0 Å². The number of rotatable bonds is 3. The number of carbonyl (C=O) groups excluding carboxylic acids is 1. The Balaban J connectivity index is 4.34. The summed E-state index contributed by atoms with van der Waals surface area (Å²) in [6, 6.07) is 0. The molecule has 2 N–H and O–H groups in total. The van der Waals surface area contributed by atoms with Crippen molar-refractivity contribution in [2.75, 3.05) is 5.75 Å². The Labute approximate surface area is 70.4 Å². The minimum Gasteiger partial charge on any atom is -0.479 e. The number of carbonyl (C=O) groups is 2. The van der Waals surface area contributed by atoms with Crippen molar-refractivity contribution in [3.8, 4) is 0 Å². The summed E-state index contributed by atoms with van der Waals surface area (Å²) in [6.45, 7) is 2.67. The predicted molar refractivity (Wildman–Crippen MR) is 43.7 cm³/mol. The topological polar surface area (TPSA) is 66.4 Å². The summed E-state index contributed by atoms with van der Waals surface area (Å²) in [7, 11) is 0. The second-order valence-electron chi connectivity index (χ2n) is 2.48. The second kappa shape index (κ2) is 3.61. The number of thiol groups is 1. The maximum atomic E-state index is 10.5. The molecule has 1 atom stereocenters. The summed E-state index contributed by atoms with van der Waals surface area (Å²) in [5.74, 6) is -1.38. The summed E-state index contributed by atoms with van der Waals surface area (Å²) >= 11 is 3.82. The first-order chi connectivity index (χ1) is 4.92. The molecule has 0 bridgehead atoms. The van der Waals surface area contributed by atoms with Crippen molar-refractivity contribution in [2.45, 2.75) is 19.4 Å². The highest BCUT2D eigenvalue weighted by molar-refractivity contribution is 7.80. The Bertz CT molecular complexity index is 183. The van der Waals surface area contributed by atoms with Crippen LogP contribution in [0.3, 0.4) is 0 Å². The lowest BCUT2D eigenvalue weighted by Gasteiger charge is -2.22. The lowest BCUT2D eigenvalue weighted by molar-refractivity contribution is -0.145. The van der Waals surface area contributed by atoms with Gasteiger partial charge in [0.1, 0.15) is 5.54 Å². The number of aliphatic carboxylic acids is 1. The first-order valence-electron chi connectivity index (χ1n) is 3.05. The van der Waals surface area contributed by atoms with Crippen LogP contribution in [0.1, 0.15) is 13.8 Å². The zero-order valence-corrected chi connectivity index (χ0v) is 7.31. The smallest absolute Gasteiger partial charge is 0.329 e. The third-order valence-corrected chi connectivity index (χ3v) is 1.87. The fourth-order valence-corrected chi connectivity index (χ4v) is 0.763. The highest BCUT2D eigenvalue weighted by Crippen LogP contribution is 2.05. The van der Waals surface area contributed by atoms with E-state index in [-0.39, 0.29) is 11.7 Å². The Morgan fingerprint density at radius 1 is 1.64 bits per heavy atom. The molecule has 0 saturated carbocycles. The van der Waals surface area contributed by atoms with Gasteiger partial charge in [-0.05, 0) is 6.92 Å². The first-order valence-corrected chi connectivity index (χ1v) is 3.68. The van der Waals surface area contributed by atoms with E-state index in [0.29, 0.717) is 0 Å². The lowest BCUT2D eigenvalue weighted by atomic mass is 10.1. The zero-order valence-electron chi connectivity index (χ0n) is 6.42. The van der Waals surface area contributed by atoms with Crippen LogP contribution >= 0.6 is 12.6 Å². The van der Waals surface area contributed by atoms with Gasteiger partial charge in [-0.3, -0.25) is 4.79 Å². The van der Waals surface area contributed by atoms with Crippen LogP contribution in [0.15, 0.2) is 0 Å². The molecule has 0 fully saturated rings. The van der Waals surface area contributed by atoms with E-state index in [1.807, 2.05) is 0 Å². The van der Waals surface area contributed by atoms with Gasteiger partial charge in [-0.15, -0.1) is 0 Å². The average Bonchev–Trinajstić information content (AvgIpc) is 1.86. The number of carboxylic acid groups (broad SMARTS) is 1. The fourth-order valence-electron chi connectivity index (χ4n) is 0.549. The minimum absolute atomic E-state index is 0.0713. The predicted octanol–water partition coefficient (Wildman–Crippen LogP) is -0.104. The molecule has 0 rings (SSSR count). The van der Waals surface area contributed by atoms with Crippen LogP contribution in [0.5, 0.6) is 0 Å². The van der Waals surface area contributed by atoms with Gasteiger partial charge in [-0.2, -0.15) is 12.6 Å². The zero-order chi connectivity index (χ0) is 9.07. The summed E-state index contributed by atoms with van der Waals surface area (Å²) < 4.78 is 0. The third kappa shape index (κ3) is 2.80. The van der Waals surface area contributed by atoms with Crippen molar-refractivity contribution in [1.29, 1.82) is 0 Å². The third-order valence-electron chi connectivity index (χ3n) is 1.24. The van der Waals surface area contributed by atoms with Gasteiger partial charge in [0, 0.05) is 12.7 Å². The summed E-state index contributed by atoms with van der Waals surface area (Å²) in [4.78, 5) is 21.0. The maximum absolute atomic E-state index is 10.5. The van der Waals surface area contributed by atoms with Crippen LogP contribution in [0.2, 0.25) is 0 Å². The molecule has 0 heterocycles. The van der Waals surface area contributed by atoms with Gasteiger partial charge in [-0.1, -0.05) is 0 Å². The molecule has 0 saturated heterocycles. The molecule has 64 valence electrons. The van der Waals surface area contributed by atoms with Crippen LogP contribution in [-0.2, 0) is 9.59 Å². The van der Waals surface area contributed by atoms with E-state index >= 15 is 0 Å². The monoisotopic (exact) mass is 177 g/mol. The van der Waals surface area contributed by atoms with E-state index in [4.69, 9.17) is 5.11 Å². The van der Waals surface area contributed by atoms with Gasteiger partial charge < -0.3 is 10.4 Å². The van der Waals surface area contributed by atoms with Crippen LogP contribution < -0.4 is 5.32 Å². The van der Waals surface area contributed by atoms with E-state index in [0.717, 1.165) is 0 Å². The lowest BCUT2D eigenvalue weighted by Crippen LogP contribution is -2.53. The van der Waals surface area contributed by atoms with Crippen molar-refractivity contribution in [3.63, 3.8) is 0 Å². The van der Waals surface area contributed by atoms with Crippen LogP contribution in [0.4, 0.5) is 0 Å². The molecule has 0 aliphatic heterocycles. The Kier molecular flexibility index (Phi) is 3.38. The van der Waals surface area contributed by atoms with Crippen molar-refractivity contribution >= 4 is 24.5 Å². The van der Waals surface area contributed by atoms with E-state index < -0.39 is 11.5 Å². The molecule has 0 unspecified atom stereocenters. The van der Waals surface area contributed by atoms with E-state index in [9.17, 15) is 9.59 Å². The van der Waals surface area contributed by atoms with Gasteiger partial charge in [0.25, 0.3) is 0 Å². The van der Waals surface area contributed by atoms with Crippen LogP contribution in [0, 0.1) is 0 Å². The van der Waals surface area contributed by atoms with Gasteiger partial charge in [-0.25, -0.2) is 4.79 Å². The Morgan fingerprint density at radius 2 is 2.09 bits per heavy atom. The van der Waals surface area contributed by atoms with E-state index in [1.54, 1.807) is 0 Å². The molecule has 4 nitrogen and oxygen atoms in total. The van der Waals surface area contributed by atoms with E-state index in [2.05, 4.69) is 17.9 Å². The Hall–Kier alpha value is -0.710. The molecular weight excluding hydrogens is 166 g/mol. The van der Waals surface area contributed by atoms with Gasteiger partial charge in [0.2, 0.25) is 5.91 Å². The molecule has 0 spiro atoms. The van der Waals surface area contributed by atoms with Crippen molar-refractivity contribution in [1.82, 2.24) is 5.32 Å². The Morgan fingerprint density at radius 3 is 2.18 bits per heavy atom. The SMILES string of the molecule is CC(=O)N[C@](C)(CS)C(=O)O. The number of hydrogen-bond acceptors (Lipinski definition) is 3. The number of nitrogens with one attached hydrogen (secondary N) is 1. The first kappa shape index (κ1) is 10.3. The number of amides is 1. The summed E-state index contributed by atoms with van der Waals surface area (Å²) in [6.07, 6.45) is 0. The van der Waals surface area contributed by atoms with E-state index in [1.165, 1.54) is 13.8 Å². The number of carboxylic acids is 1. The highest BCUT2D eigenvalue weighted by Gasteiger charge is 2.31. The molecule has 0 radical (unpaired) electrons. The molecule has 0 aromatic carbocycles. The fraction of sp³-hybridized carbons (Fsp3) is 0.667. The van der Waals surface area contributed by atoms with Gasteiger partial charge in [0.15, 0.2) is 0 Å². The van der Waals surface area contributed by atoms with Crippen molar-refractivity contribution in [2.24, 2.45) is 0 Å². The quantitative estimate of drug-likeness (QED) is 0.527. The molecule has 5 heteroatoms. The maximum Gasteiger partial charge on any atom is 0.329 e. The molecule has 0 aromatic rings. The summed E-state index contributed by atoms with van der Waals surface area (Å²) in [5, 5.41) is 10.9. The molecular formula is C6H11NO3S. The van der Waals surface area contributed by atoms with Gasteiger partial charge in [0.05, 0.1) is 0 Å². The average molecular weight is 177 g/mol.